The minimum atomic E-state index is -0.972. The van der Waals surface area contributed by atoms with Crippen molar-refractivity contribution in [1.29, 1.82) is 0 Å². The van der Waals surface area contributed by atoms with E-state index in [4.69, 9.17) is 28.0 Å². The lowest BCUT2D eigenvalue weighted by Crippen LogP contribution is -2.25. The quantitative estimate of drug-likeness (QED) is 0.249. The number of halogens is 2. The molecule has 7 heteroatoms. The monoisotopic (exact) mass is 267 g/mol. The zero-order chi connectivity index (χ0) is 12.3. The standard InChI is InChI=1S/C9H11Cl2NO4/c1-3-15-8(14)7(5(2)13)12-16-6-4-9(6,10)11/h6H,3-4H2,1-2H3. The van der Waals surface area contributed by atoms with Crippen molar-refractivity contribution >= 4 is 40.7 Å². The number of carbonyl (C=O) groups is 2. The lowest BCUT2D eigenvalue weighted by atomic mass is 10.3. The van der Waals surface area contributed by atoms with Gasteiger partial charge < -0.3 is 9.57 Å². The number of Topliss-reactive ketones (excluding diaryl/α,β-unsaturated/α-hetero) is 1. The van der Waals surface area contributed by atoms with Gasteiger partial charge in [-0.1, -0.05) is 28.4 Å². The highest BCUT2D eigenvalue weighted by molar-refractivity contribution is 6.63. The van der Waals surface area contributed by atoms with E-state index in [1.165, 1.54) is 6.92 Å². The van der Waals surface area contributed by atoms with Crippen LogP contribution in [0.25, 0.3) is 0 Å². The third kappa shape index (κ3) is 3.35. The van der Waals surface area contributed by atoms with Crippen molar-refractivity contribution in [1.82, 2.24) is 0 Å². The molecule has 1 saturated carbocycles. The van der Waals surface area contributed by atoms with Gasteiger partial charge in [-0.25, -0.2) is 4.79 Å². The van der Waals surface area contributed by atoms with Gasteiger partial charge in [0.2, 0.25) is 5.71 Å². The highest BCUT2D eigenvalue weighted by Gasteiger charge is 2.55. The molecule has 0 amide bonds. The molecule has 90 valence electrons. The van der Waals surface area contributed by atoms with E-state index in [0.29, 0.717) is 6.42 Å². The van der Waals surface area contributed by atoms with E-state index in [-0.39, 0.29) is 6.61 Å². The predicted octanol–water partition coefficient (Wildman–Crippen LogP) is 1.46. The number of carbonyl (C=O) groups excluding carboxylic acids is 2. The first-order valence-electron chi connectivity index (χ1n) is 4.68. The molecule has 0 heterocycles. The van der Waals surface area contributed by atoms with E-state index in [9.17, 15) is 9.59 Å². The molecule has 1 rings (SSSR count). The van der Waals surface area contributed by atoms with Crippen LogP contribution in [-0.4, -0.2) is 34.5 Å². The minimum absolute atomic E-state index is 0.156. The molecular weight excluding hydrogens is 257 g/mol. The zero-order valence-electron chi connectivity index (χ0n) is 8.83. The highest BCUT2D eigenvalue weighted by Crippen LogP contribution is 2.49. The Morgan fingerprint density at radius 2 is 2.06 bits per heavy atom. The summed E-state index contributed by atoms with van der Waals surface area (Å²) in [5.41, 5.74) is -0.391. The van der Waals surface area contributed by atoms with E-state index in [1.54, 1.807) is 6.92 Å². The summed E-state index contributed by atoms with van der Waals surface area (Å²) >= 11 is 11.4. The van der Waals surface area contributed by atoms with Gasteiger partial charge in [0, 0.05) is 13.3 Å². The molecule has 0 aromatic heterocycles. The van der Waals surface area contributed by atoms with Crippen LogP contribution in [0.2, 0.25) is 0 Å². The first kappa shape index (κ1) is 13.3. The number of hydrogen-bond donors (Lipinski definition) is 0. The van der Waals surface area contributed by atoms with Gasteiger partial charge in [0.05, 0.1) is 6.61 Å². The molecule has 5 nitrogen and oxygen atoms in total. The number of ether oxygens (including phenoxy) is 1. The largest absolute Gasteiger partial charge is 0.461 e. The minimum Gasteiger partial charge on any atom is -0.461 e. The number of ketones is 1. The fourth-order valence-corrected chi connectivity index (χ4v) is 1.22. The van der Waals surface area contributed by atoms with Gasteiger partial charge in [-0.2, -0.15) is 0 Å². The van der Waals surface area contributed by atoms with Crippen molar-refractivity contribution in [2.45, 2.75) is 30.7 Å². The topological polar surface area (TPSA) is 65.0 Å². The van der Waals surface area contributed by atoms with Crippen LogP contribution < -0.4 is 0 Å². The normalized spacial score (nSPS) is 22.5. The molecule has 0 radical (unpaired) electrons. The van der Waals surface area contributed by atoms with Crippen LogP contribution >= 0.6 is 23.2 Å². The third-order valence-electron chi connectivity index (χ3n) is 1.84. The van der Waals surface area contributed by atoms with Crippen LogP contribution in [0.1, 0.15) is 20.3 Å². The second-order valence-corrected chi connectivity index (χ2v) is 4.82. The Bertz CT molecular complexity index is 340. The second-order valence-electron chi connectivity index (χ2n) is 3.28. The Morgan fingerprint density at radius 3 is 2.44 bits per heavy atom. The fourth-order valence-electron chi connectivity index (χ4n) is 0.864. The van der Waals surface area contributed by atoms with Gasteiger partial charge in [0.15, 0.2) is 16.2 Å². The molecule has 1 unspecified atom stereocenters. The van der Waals surface area contributed by atoms with Crippen LogP contribution in [-0.2, 0) is 19.2 Å². The average molecular weight is 268 g/mol. The van der Waals surface area contributed by atoms with Gasteiger partial charge in [0.25, 0.3) is 0 Å². The molecule has 1 fully saturated rings. The smallest absolute Gasteiger partial charge is 0.364 e. The fraction of sp³-hybridized carbons (Fsp3) is 0.667. The van der Waals surface area contributed by atoms with Gasteiger partial charge in [-0.3, -0.25) is 4.79 Å². The lowest BCUT2D eigenvalue weighted by Gasteiger charge is -2.03. The molecule has 1 aliphatic carbocycles. The number of oxime groups is 1. The van der Waals surface area contributed by atoms with Gasteiger partial charge >= 0.3 is 5.97 Å². The SMILES string of the molecule is CCOC(=O)C(=NOC1CC1(Cl)Cl)C(C)=O. The third-order valence-corrected chi connectivity index (χ3v) is 2.64. The molecule has 1 atom stereocenters. The molecule has 0 spiro atoms. The van der Waals surface area contributed by atoms with Crippen LogP contribution in [0.5, 0.6) is 0 Å². The molecule has 0 saturated heterocycles. The molecule has 0 bridgehead atoms. The molecule has 0 N–H and O–H groups in total. The van der Waals surface area contributed by atoms with Crippen LogP contribution in [0.4, 0.5) is 0 Å². The molecule has 0 aromatic carbocycles. The maximum Gasteiger partial charge on any atom is 0.364 e. The van der Waals surface area contributed by atoms with Crippen LogP contribution in [0.15, 0.2) is 5.16 Å². The van der Waals surface area contributed by atoms with E-state index < -0.39 is 27.9 Å². The molecule has 0 aliphatic heterocycles. The van der Waals surface area contributed by atoms with Crippen molar-refractivity contribution in [3.8, 4) is 0 Å². The molecular formula is C9H11Cl2NO4. The molecule has 1 aliphatic rings. The van der Waals surface area contributed by atoms with Crippen LogP contribution in [0, 0.1) is 0 Å². The summed E-state index contributed by atoms with van der Waals surface area (Å²) in [6.45, 7) is 2.98. The van der Waals surface area contributed by atoms with Crippen molar-refractivity contribution in [3.63, 3.8) is 0 Å². The van der Waals surface area contributed by atoms with Gasteiger partial charge in [-0.15, -0.1) is 0 Å². The first-order valence-corrected chi connectivity index (χ1v) is 5.43. The average Bonchev–Trinajstić information content (AvgIpc) is 2.74. The van der Waals surface area contributed by atoms with Crippen molar-refractivity contribution in [2.24, 2.45) is 5.16 Å². The summed E-state index contributed by atoms with van der Waals surface area (Å²) in [4.78, 5) is 27.2. The van der Waals surface area contributed by atoms with Gasteiger partial charge in [0.1, 0.15) is 0 Å². The van der Waals surface area contributed by atoms with E-state index >= 15 is 0 Å². The summed E-state index contributed by atoms with van der Waals surface area (Å²) in [6, 6.07) is 0. The number of rotatable bonds is 5. The van der Waals surface area contributed by atoms with Crippen molar-refractivity contribution in [2.75, 3.05) is 6.61 Å². The van der Waals surface area contributed by atoms with Gasteiger partial charge in [-0.05, 0) is 6.92 Å². The molecule has 0 aromatic rings. The first-order chi connectivity index (χ1) is 7.38. The van der Waals surface area contributed by atoms with Crippen molar-refractivity contribution in [3.05, 3.63) is 0 Å². The van der Waals surface area contributed by atoms with E-state index in [2.05, 4.69) is 9.89 Å². The zero-order valence-corrected chi connectivity index (χ0v) is 10.3. The maximum absolute atomic E-state index is 11.3. The van der Waals surface area contributed by atoms with E-state index in [0.717, 1.165) is 0 Å². The summed E-state index contributed by atoms with van der Waals surface area (Å²) in [5, 5.41) is 3.42. The summed E-state index contributed by atoms with van der Waals surface area (Å²) in [7, 11) is 0. The maximum atomic E-state index is 11.3. The number of esters is 1. The summed E-state index contributed by atoms with van der Waals surface area (Å²) in [6.07, 6.45) is -0.0761. The summed E-state index contributed by atoms with van der Waals surface area (Å²) < 4.78 is 3.66. The second kappa shape index (κ2) is 5.01. The lowest BCUT2D eigenvalue weighted by molar-refractivity contribution is -0.136. The Balaban J connectivity index is 2.60. The Morgan fingerprint density at radius 1 is 1.50 bits per heavy atom. The van der Waals surface area contributed by atoms with Crippen molar-refractivity contribution < 1.29 is 19.2 Å². The van der Waals surface area contributed by atoms with E-state index in [1.807, 2.05) is 0 Å². The Labute approximate surface area is 103 Å². The Hall–Kier alpha value is -0.810. The number of nitrogens with zero attached hydrogens (tertiary/aromatic N) is 1. The molecule has 16 heavy (non-hydrogen) atoms. The predicted molar refractivity (Wildman–Crippen MR) is 58.7 cm³/mol. The Kier molecular flexibility index (Phi) is 4.15. The summed E-state index contributed by atoms with van der Waals surface area (Å²) in [5.74, 6) is -1.35. The number of hydrogen-bond acceptors (Lipinski definition) is 5. The highest BCUT2D eigenvalue weighted by atomic mass is 35.5. The van der Waals surface area contributed by atoms with Crippen LogP contribution in [0.3, 0.4) is 0 Å². The number of alkyl halides is 2.